The number of hydrogen-bond donors (Lipinski definition) is 0. The molecule has 3 nitrogen and oxygen atoms in total. The fourth-order valence-electron chi connectivity index (χ4n) is 3.40. The zero-order valence-electron chi connectivity index (χ0n) is 12.9. The van der Waals surface area contributed by atoms with Crippen molar-refractivity contribution >= 4 is 17.5 Å². The average molecular weight is 333 g/mol. The van der Waals surface area contributed by atoms with Gasteiger partial charge in [-0.05, 0) is 42.7 Å². The molecule has 0 saturated carbocycles. The van der Waals surface area contributed by atoms with Crippen molar-refractivity contribution in [3.8, 4) is 0 Å². The lowest BCUT2D eigenvalue weighted by atomic mass is 9.80. The van der Waals surface area contributed by atoms with Crippen LogP contribution in [-0.2, 0) is 4.79 Å². The normalized spacial score (nSPS) is 21.5. The highest BCUT2D eigenvalue weighted by Gasteiger charge is 2.37. The van der Waals surface area contributed by atoms with Crippen LogP contribution in [0, 0.1) is 5.82 Å². The minimum absolute atomic E-state index is 0.0549. The maximum atomic E-state index is 13.3. The van der Waals surface area contributed by atoms with Crippen LogP contribution in [0.2, 0.25) is 5.15 Å². The summed E-state index contributed by atoms with van der Waals surface area (Å²) in [5.41, 5.74) is 1.86. The standard InChI is InChI=1S/C18H18ClFN2O/c1-2-22-16(23)10-9-14(15-4-3-11-21-18(15)19)17(22)12-5-7-13(20)8-6-12/h3-8,11,14,17H,2,9-10H2,1H3. The first-order valence-corrected chi connectivity index (χ1v) is 8.15. The van der Waals surface area contributed by atoms with Gasteiger partial charge in [-0.3, -0.25) is 4.79 Å². The molecule has 2 unspecified atom stereocenters. The van der Waals surface area contributed by atoms with E-state index in [1.807, 2.05) is 24.0 Å². The number of carbonyl (C=O) groups is 1. The second kappa shape index (κ2) is 6.67. The van der Waals surface area contributed by atoms with E-state index in [0.717, 1.165) is 11.1 Å². The highest BCUT2D eigenvalue weighted by atomic mass is 35.5. The Morgan fingerprint density at radius 1 is 1.30 bits per heavy atom. The summed E-state index contributed by atoms with van der Waals surface area (Å²) in [7, 11) is 0. The Labute approximate surface area is 140 Å². The summed E-state index contributed by atoms with van der Waals surface area (Å²) in [5, 5.41) is 0.468. The van der Waals surface area contributed by atoms with Crippen molar-refractivity contribution in [2.75, 3.05) is 6.54 Å². The van der Waals surface area contributed by atoms with Gasteiger partial charge in [0.1, 0.15) is 11.0 Å². The summed E-state index contributed by atoms with van der Waals surface area (Å²) in [5.74, 6) is -0.104. The molecule has 23 heavy (non-hydrogen) atoms. The van der Waals surface area contributed by atoms with Crippen molar-refractivity contribution in [3.63, 3.8) is 0 Å². The van der Waals surface area contributed by atoms with E-state index in [-0.39, 0.29) is 23.7 Å². The van der Waals surface area contributed by atoms with Crippen molar-refractivity contribution in [2.45, 2.75) is 31.7 Å². The van der Waals surface area contributed by atoms with Crippen molar-refractivity contribution in [1.82, 2.24) is 9.88 Å². The van der Waals surface area contributed by atoms with E-state index in [9.17, 15) is 9.18 Å². The Morgan fingerprint density at radius 2 is 2.04 bits per heavy atom. The molecule has 1 aromatic heterocycles. The van der Waals surface area contributed by atoms with Gasteiger partial charge in [0, 0.05) is 25.1 Å². The summed E-state index contributed by atoms with van der Waals surface area (Å²) in [6, 6.07) is 10.0. The van der Waals surface area contributed by atoms with Gasteiger partial charge in [-0.2, -0.15) is 0 Å². The number of hydrogen-bond acceptors (Lipinski definition) is 2. The molecule has 1 aliphatic rings. The van der Waals surface area contributed by atoms with Crippen LogP contribution in [0.5, 0.6) is 0 Å². The Bertz CT molecular complexity index is 704. The summed E-state index contributed by atoms with van der Waals surface area (Å²) < 4.78 is 13.3. The molecule has 3 rings (SSSR count). The molecule has 0 N–H and O–H groups in total. The molecule has 1 aromatic carbocycles. The molecule has 2 heterocycles. The number of halogens is 2. The first kappa shape index (κ1) is 15.9. The van der Waals surface area contributed by atoms with E-state index in [0.29, 0.717) is 24.5 Å². The highest BCUT2D eigenvalue weighted by molar-refractivity contribution is 6.30. The van der Waals surface area contributed by atoms with E-state index < -0.39 is 0 Å². The van der Waals surface area contributed by atoms with Crippen LogP contribution >= 0.6 is 11.6 Å². The fourth-order valence-corrected chi connectivity index (χ4v) is 3.66. The molecule has 1 fully saturated rings. The second-order valence-electron chi connectivity index (χ2n) is 5.70. The topological polar surface area (TPSA) is 33.2 Å². The first-order chi connectivity index (χ1) is 11.1. The lowest BCUT2D eigenvalue weighted by Crippen LogP contribution is -2.42. The minimum atomic E-state index is -0.283. The van der Waals surface area contributed by atoms with E-state index in [4.69, 9.17) is 11.6 Å². The molecule has 120 valence electrons. The van der Waals surface area contributed by atoms with Crippen molar-refractivity contribution in [2.24, 2.45) is 0 Å². The number of likely N-dealkylation sites (tertiary alicyclic amines) is 1. The predicted molar refractivity (Wildman–Crippen MR) is 87.8 cm³/mol. The molecule has 2 atom stereocenters. The van der Waals surface area contributed by atoms with Gasteiger partial charge in [0.15, 0.2) is 0 Å². The van der Waals surface area contributed by atoms with Crippen LogP contribution < -0.4 is 0 Å². The van der Waals surface area contributed by atoms with Gasteiger partial charge in [0.05, 0.1) is 6.04 Å². The maximum absolute atomic E-state index is 13.3. The Balaban J connectivity index is 2.07. The third kappa shape index (κ3) is 3.08. The van der Waals surface area contributed by atoms with Crippen molar-refractivity contribution in [1.29, 1.82) is 0 Å². The van der Waals surface area contributed by atoms with Gasteiger partial charge >= 0.3 is 0 Å². The lowest BCUT2D eigenvalue weighted by molar-refractivity contribution is -0.137. The number of aromatic nitrogens is 1. The Kier molecular flexibility index (Phi) is 4.62. The van der Waals surface area contributed by atoms with Crippen LogP contribution in [0.3, 0.4) is 0 Å². The zero-order valence-corrected chi connectivity index (χ0v) is 13.6. The summed E-state index contributed by atoms with van der Waals surface area (Å²) >= 11 is 6.29. The van der Waals surface area contributed by atoms with Gasteiger partial charge in [-0.1, -0.05) is 29.8 Å². The summed E-state index contributed by atoms with van der Waals surface area (Å²) in [4.78, 5) is 18.4. The number of pyridine rings is 1. The van der Waals surface area contributed by atoms with Gasteiger partial charge in [-0.25, -0.2) is 9.37 Å². The van der Waals surface area contributed by atoms with Gasteiger partial charge in [-0.15, -0.1) is 0 Å². The van der Waals surface area contributed by atoms with Gasteiger partial charge < -0.3 is 4.90 Å². The molecule has 1 aliphatic heterocycles. The maximum Gasteiger partial charge on any atom is 0.223 e. The SMILES string of the molecule is CCN1C(=O)CCC(c2cccnc2Cl)C1c1ccc(F)cc1. The number of rotatable bonds is 3. The average Bonchev–Trinajstić information content (AvgIpc) is 2.56. The van der Waals surface area contributed by atoms with E-state index >= 15 is 0 Å². The first-order valence-electron chi connectivity index (χ1n) is 7.77. The third-order valence-electron chi connectivity index (χ3n) is 4.45. The fraction of sp³-hybridized carbons (Fsp3) is 0.333. The van der Waals surface area contributed by atoms with Gasteiger partial charge in [0.2, 0.25) is 5.91 Å². The molecule has 5 heteroatoms. The molecule has 0 aliphatic carbocycles. The largest absolute Gasteiger partial charge is 0.335 e. The number of carbonyl (C=O) groups excluding carboxylic acids is 1. The van der Waals surface area contributed by atoms with Crippen LogP contribution in [0.4, 0.5) is 4.39 Å². The van der Waals surface area contributed by atoms with Crippen LogP contribution in [-0.4, -0.2) is 22.3 Å². The van der Waals surface area contributed by atoms with E-state index in [1.54, 1.807) is 18.3 Å². The van der Waals surface area contributed by atoms with Gasteiger partial charge in [0.25, 0.3) is 0 Å². The van der Waals surface area contributed by atoms with Crippen LogP contribution in [0.25, 0.3) is 0 Å². The quantitative estimate of drug-likeness (QED) is 0.783. The number of piperidine rings is 1. The molecule has 0 spiro atoms. The molecule has 0 bridgehead atoms. The Hall–Kier alpha value is -1.94. The predicted octanol–water partition coefficient (Wildman–Crippen LogP) is 4.34. The monoisotopic (exact) mass is 332 g/mol. The molecular formula is C18H18ClFN2O. The highest BCUT2D eigenvalue weighted by Crippen LogP contribution is 2.44. The minimum Gasteiger partial charge on any atom is -0.335 e. The zero-order chi connectivity index (χ0) is 16.4. The number of nitrogens with zero attached hydrogens (tertiary/aromatic N) is 2. The van der Waals surface area contributed by atoms with Crippen molar-refractivity contribution < 1.29 is 9.18 Å². The Morgan fingerprint density at radius 3 is 2.70 bits per heavy atom. The number of benzene rings is 1. The lowest BCUT2D eigenvalue weighted by Gasteiger charge is -2.41. The third-order valence-corrected chi connectivity index (χ3v) is 4.76. The molecule has 1 amide bonds. The number of amides is 1. The molecule has 0 radical (unpaired) electrons. The smallest absolute Gasteiger partial charge is 0.223 e. The van der Waals surface area contributed by atoms with Crippen molar-refractivity contribution in [3.05, 3.63) is 64.7 Å². The van der Waals surface area contributed by atoms with E-state index in [2.05, 4.69) is 4.98 Å². The van der Waals surface area contributed by atoms with Crippen LogP contribution in [0.15, 0.2) is 42.6 Å². The summed E-state index contributed by atoms with van der Waals surface area (Å²) in [6.45, 7) is 2.57. The van der Waals surface area contributed by atoms with Crippen LogP contribution in [0.1, 0.15) is 42.9 Å². The summed E-state index contributed by atoms with van der Waals surface area (Å²) in [6.07, 6.45) is 2.86. The van der Waals surface area contributed by atoms with E-state index in [1.165, 1.54) is 12.1 Å². The number of likely N-dealkylation sites (N-methyl/N-ethyl adjacent to an activating group) is 1. The second-order valence-corrected chi connectivity index (χ2v) is 6.06. The molecular weight excluding hydrogens is 315 g/mol. The molecule has 1 saturated heterocycles. The molecule has 2 aromatic rings.